The maximum absolute atomic E-state index is 12.1. The van der Waals surface area contributed by atoms with Crippen LogP contribution in [-0.4, -0.2) is 36.2 Å². The minimum Gasteiger partial charge on any atom is -0.454 e. The molecule has 0 spiro atoms. The van der Waals surface area contributed by atoms with Gasteiger partial charge in [-0.25, -0.2) is 4.98 Å². The van der Waals surface area contributed by atoms with Gasteiger partial charge < -0.3 is 25.4 Å². The number of anilines is 2. The Morgan fingerprint density at radius 3 is 2.92 bits per heavy atom. The number of thiazole rings is 1. The maximum atomic E-state index is 12.1. The number of hydrogen-bond donors (Lipinski definition) is 2. The van der Waals surface area contributed by atoms with Gasteiger partial charge in [0.15, 0.2) is 16.6 Å². The Morgan fingerprint density at radius 2 is 2.12 bits per heavy atom. The summed E-state index contributed by atoms with van der Waals surface area (Å²) in [6, 6.07) is 3.81. The Bertz CT molecular complexity index is 1000. The summed E-state index contributed by atoms with van der Waals surface area (Å²) in [6.07, 6.45) is 0.837. The second kappa shape index (κ2) is 5.83. The zero-order valence-electron chi connectivity index (χ0n) is 14.0. The molecular weight excluding hydrogens is 372 g/mol. The van der Waals surface area contributed by atoms with Crippen LogP contribution >= 0.6 is 22.7 Å². The zero-order valence-corrected chi connectivity index (χ0v) is 15.6. The van der Waals surface area contributed by atoms with Crippen LogP contribution in [-0.2, 0) is 13.0 Å². The van der Waals surface area contributed by atoms with E-state index in [9.17, 15) is 4.79 Å². The van der Waals surface area contributed by atoms with Crippen LogP contribution in [0.2, 0.25) is 0 Å². The van der Waals surface area contributed by atoms with Crippen molar-refractivity contribution >= 4 is 48.9 Å². The molecule has 0 unspecified atom stereocenters. The first-order valence-corrected chi connectivity index (χ1v) is 9.82. The van der Waals surface area contributed by atoms with E-state index in [2.05, 4.69) is 22.2 Å². The number of fused-ring (bicyclic) bond motifs is 3. The second-order valence-corrected chi connectivity index (χ2v) is 8.51. The van der Waals surface area contributed by atoms with Crippen LogP contribution in [0.3, 0.4) is 0 Å². The van der Waals surface area contributed by atoms with Crippen LogP contribution in [0, 0.1) is 0 Å². The normalized spacial score (nSPS) is 16.0. The number of ether oxygens (including phenoxy) is 2. The summed E-state index contributed by atoms with van der Waals surface area (Å²) in [5, 5.41) is 4.81. The monoisotopic (exact) mass is 388 g/mol. The number of primary amides is 1. The molecule has 5 rings (SSSR count). The quantitative estimate of drug-likeness (QED) is 0.717. The van der Waals surface area contributed by atoms with Gasteiger partial charge in [0.25, 0.3) is 5.91 Å². The molecule has 2 aliphatic rings. The lowest BCUT2D eigenvalue weighted by atomic mass is 10.0. The molecule has 7 nitrogen and oxygen atoms in total. The van der Waals surface area contributed by atoms with E-state index in [1.54, 1.807) is 11.3 Å². The van der Waals surface area contributed by atoms with E-state index in [4.69, 9.17) is 15.2 Å². The maximum Gasteiger partial charge on any atom is 0.251 e. The van der Waals surface area contributed by atoms with Crippen LogP contribution in [0.4, 0.5) is 10.1 Å². The smallest absolute Gasteiger partial charge is 0.251 e. The Morgan fingerprint density at radius 1 is 1.31 bits per heavy atom. The molecule has 2 aromatic heterocycles. The molecule has 3 aromatic rings. The number of hydrogen-bond acceptors (Lipinski definition) is 8. The van der Waals surface area contributed by atoms with Gasteiger partial charge in [-0.15, -0.1) is 11.3 Å². The van der Waals surface area contributed by atoms with Gasteiger partial charge in [0.2, 0.25) is 6.79 Å². The van der Waals surface area contributed by atoms with Gasteiger partial charge in [-0.1, -0.05) is 11.3 Å². The highest BCUT2D eigenvalue weighted by Crippen LogP contribution is 2.42. The minimum atomic E-state index is -0.392. The summed E-state index contributed by atoms with van der Waals surface area (Å²) in [5.41, 5.74) is 8.19. The van der Waals surface area contributed by atoms with Gasteiger partial charge in [-0.05, 0) is 19.0 Å². The number of nitrogens with one attached hydrogen (secondary N) is 1. The van der Waals surface area contributed by atoms with Crippen molar-refractivity contribution in [3.63, 3.8) is 0 Å². The fourth-order valence-electron chi connectivity index (χ4n) is 3.35. The standard InChI is InChI=1S/C17H16N4O3S2/c1-21-3-2-8-13(6-21)25-16(14(8)15(18)22)20-17-19-9-4-10-11(24-7-23-10)5-12(9)26-17/h4-5H,2-3,6-7H2,1H3,(H2,18,22)(H,19,20). The molecular formula is C17H16N4O3S2. The van der Waals surface area contributed by atoms with Crippen molar-refractivity contribution in [3.8, 4) is 11.5 Å². The third-order valence-corrected chi connectivity index (χ3v) is 6.66. The van der Waals surface area contributed by atoms with Gasteiger partial charge in [0.1, 0.15) is 5.00 Å². The van der Waals surface area contributed by atoms with Crippen LogP contribution in [0.15, 0.2) is 12.1 Å². The molecule has 0 saturated heterocycles. The number of likely N-dealkylation sites (N-methyl/N-ethyl adjacent to an activating group) is 1. The van der Waals surface area contributed by atoms with E-state index < -0.39 is 5.91 Å². The molecule has 4 heterocycles. The molecule has 0 bridgehead atoms. The fourth-order valence-corrected chi connectivity index (χ4v) is 5.63. The van der Waals surface area contributed by atoms with Gasteiger partial charge >= 0.3 is 0 Å². The Kier molecular flexibility index (Phi) is 3.56. The number of nitrogens with zero attached hydrogens (tertiary/aromatic N) is 2. The average Bonchev–Trinajstić information content (AvgIpc) is 3.27. The van der Waals surface area contributed by atoms with Crippen LogP contribution < -0.4 is 20.5 Å². The summed E-state index contributed by atoms with van der Waals surface area (Å²) >= 11 is 3.10. The molecule has 26 heavy (non-hydrogen) atoms. The van der Waals surface area contributed by atoms with E-state index in [1.807, 2.05) is 12.1 Å². The number of thiophene rings is 1. The van der Waals surface area contributed by atoms with Gasteiger partial charge in [-0.3, -0.25) is 4.79 Å². The van der Waals surface area contributed by atoms with E-state index in [0.717, 1.165) is 51.2 Å². The Balaban J connectivity index is 1.53. The molecule has 9 heteroatoms. The van der Waals surface area contributed by atoms with E-state index in [1.165, 1.54) is 16.2 Å². The number of benzene rings is 1. The van der Waals surface area contributed by atoms with Crippen molar-refractivity contribution in [2.75, 3.05) is 25.7 Å². The molecule has 0 fully saturated rings. The lowest BCUT2D eigenvalue weighted by molar-refractivity contribution is 0.1000. The summed E-state index contributed by atoms with van der Waals surface area (Å²) in [6.45, 7) is 2.01. The van der Waals surface area contributed by atoms with Crippen molar-refractivity contribution in [3.05, 3.63) is 28.1 Å². The second-order valence-electron chi connectivity index (χ2n) is 6.38. The van der Waals surface area contributed by atoms with Crippen molar-refractivity contribution in [1.82, 2.24) is 9.88 Å². The number of carbonyl (C=O) groups excluding carboxylic acids is 1. The molecule has 0 atom stereocenters. The molecule has 0 radical (unpaired) electrons. The topological polar surface area (TPSA) is 89.7 Å². The first kappa shape index (κ1) is 15.9. The summed E-state index contributed by atoms with van der Waals surface area (Å²) in [5.74, 6) is 1.05. The van der Waals surface area contributed by atoms with Gasteiger partial charge in [0.05, 0.1) is 15.8 Å². The lowest BCUT2D eigenvalue weighted by Crippen LogP contribution is -2.27. The first-order chi connectivity index (χ1) is 12.6. The highest BCUT2D eigenvalue weighted by Gasteiger charge is 2.26. The van der Waals surface area contributed by atoms with Crippen LogP contribution in [0.1, 0.15) is 20.8 Å². The number of amides is 1. The fraction of sp³-hybridized carbons (Fsp3) is 0.294. The molecule has 1 amide bonds. The molecule has 1 aromatic carbocycles. The van der Waals surface area contributed by atoms with Crippen LogP contribution in [0.25, 0.3) is 10.2 Å². The summed E-state index contributed by atoms with van der Waals surface area (Å²) in [7, 11) is 2.08. The zero-order chi connectivity index (χ0) is 17.8. The van der Waals surface area contributed by atoms with Crippen molar-refractivity contribution in [2.45, 2.75) is 13.0 Å². The Hall–Kier alpha value is -2.36. The van der Waals surface area contributed by atoms with E-state index in [0.29, 0.717) is 11.3 Å². The number of rotatable bonds is 3. The third kappa shape index (κ3) is 2.51. The highest BCUT2D eigenvalue weighted by atomic mass is 32.1. The van der Waals surface area contributed by atoms with Crippen molar-refractivity contribution in [2.24, 2.45) is 5.73 Å². The Labute approximate surface area is 157 Å². The predicted octanol–water partition coefficient (Wildman–Crippen LogP) is 2.92. The van der Waals surface area contributed by atoms with Crippen molar-refractivity contribution in [1.29, 1.82) is 0 Å². The van der Waals surface area contributed by atoms with Gasteiger partial charge in [-0.2, -0.15) is 0 Å². The van der Waals surface area contributed by atoms with Crippen molar-refractivity contribution < 1.29 is 14.3 Å². The number of nitrogens with two attached hydrogens (primary N) is 1. The predicted molar refractivity (Wildman–Crippen MR) is 102 cm³/mol. The SMILES string of the molecule is CN1CCc2c(sc(Nc3nc4cc5c(cc4s3)OCO5)c2C(N)=O)C1. The summed E-state index contributed by atoms with van der Waals surface area (Å²) in [4.78, 5) is 20.1. The van der Waals surface area contributed by atoms with E-state index >= 15 is 0 Å². The number of carbonyl (C=O) groups is 1. The largest absolute Gasteiger partial charge is 0.454 e. The van der Waals surface area contributed by atoms with Gasteiger partial charge in [0, 0.05) is 30.1 Å². The third-order valence-electron chi connectivity index (χ3n) is 4.60. The molecule has 0 aliphatic carbocycles. The highest BCUT2D eigenvalue weighted by molar-refractivity contribution is 7.23. The molecule has 2 aliphatic heterocycles. The van der Waals surface area contributed by atoms with Crippen LogP contribution in [0.5, 0.6) is 11.5 Å². The number of aromatic nitrogens is 1. The first-order valence-electron chi connectivity index (χ1n) is 8.18. The molecule has 134 valence electrons. The molecule has 3 N–H and O–H groups in total. The van der Waals surface area contributed by atoms with E-state index in [-0.39, 0.29) is 6.79 Å². The lowest BCUT2D eigenvalue weighted by Gasteiger charge is -2.22. The minimum absolute atomic E-state index is 0.245. The average molecular weight is 388 g/mol. The molecule has 0 saturated carbocycles. The summed E-state index contributed by atoms with van der Waals surface area (Å²) < 4.78 is 11.8.